The van der Waals surface area contributed by atoms with Crippen LogP contribution in [0.4, 0.5) is 14.9 Å². The summed E-state index contributed by atoms with van der Waals surface area (Å²) in [5.41, 5.74) is 3.12. The van der Waals surface area contributed by atoms with Gasteiger partial charge in [0, 0.05) is 16.9 Å². The van der Waals surface area contributed by atoms with E-state index < -0.39 is 11.9 Å². The SMILES string of the molecule is COc1ccc(NC(=O)NC(=O)CN(C)CCCc2cc(-c3ccc(F)cc3)n[nH]2)cc1. The summed E-state index contributed by atoms with van der Waals surface area (Å²) in [7, 11) is 3.38. The highest BCUT2D eigenvalue weighted by molar-refractivity contribution is 6.01. The van der Waals surface area contributed by atoms with E-state index in [1.54, 1.807) is 43.5 Å². The Morgan fingerprint density at radius 2 is 1.84 bits per heavy atom. The van der Waals surface area contributed by atoms with Crippen molar-refractivity contribution in [3.63, 3.8) is 0 Å². The molecule has 3 N–H and O–H groups in total. The summed E-state index contributed by atoms with van der Waals surface area (Å²) in [4.78, 5) is 25.9. The second-order valence-corrected chi connectivity index (χ2v) is 7.36. The zero-order valence-corrected chi connectivity index (χ0v) is 18.0. The van der Waals surface area contributed by atoms with Crippen molar-refractivity contribution in [2.45, 2.75) is 12.8 Å². The molecule has 3 rings (SSSR count). The monoisotopic (exact) mass is 439 g/mol. The summed E-state index contributed by atoms with van der Waals surface area (Å²) in [6.07, 6.45) is 1.55. The molecule has 0 radical (unpaired) electrons. The van der Waals surface area contributed by atoms with E-state index >= 15 is 0 Å². The zero-order chi connectivity index (χ0) is 22.9. The zero-order valence-electron chi connectivity index (χ0n) is 18.0. The molecule has 8 nitrogen and oxygen atoms in total. The average Bonchev–Trinajstić information content (AvgIpc) is 3.23. The van der Waals surface area contributed by atoms with Crippen LogP contribution in [0, 0.1) is 5.82 Å². The summed E-state index contributed by atoms with van der Waals surface area (Å²) in [5.74, 6) is 0.00362. The lowest BCUT2D eigenvalue weighted by Crippen LogP contribution is -2.41. The first kappa shape index (κ1) is 23.0. The van der Waals surface area contributed by atoms with Gasteiger partial charge in [-0.1, -0.05) is 0 Å². The molecular formula is C23H26FN5O3. The van der Waals surface area contributed by atoms with Crippen molar-refractivity contribution in [1.82, 2.24) is 20.4 Å². The van der Waals surface area contributed by atoms with Crippen LogP contribution in [-0.2, 0) is 11.2 Å². The summed E-state index contributed by atoms with van der Waals surface area (Å²) in [6, 6.07) is 14.3. The van der Waals surface area contributed by atoms with Crippen LogP contribution in [0.15, 0.2) is 54.6 Å². The maximum atomic E-state index is 13.0. The van der Waals surface area contributed by atoms with Gasteiger partial charge in [-0.2, -0.15) is 5.10 Å². The van der Waals surface area contributed by atoms with Gasteiger partial charge in [0.1, 0.15) is 11.6 Å². The minimum absolute atomic E-state index is 0.0971. The summed E-state index contributed by atoms with van der Waals surface area (Å²) in [5, 5.41) is 12.2. The van der Waals surface area contributed by atoms with E-state index in [2.05, 4.69) is 20.8 Å². The van der Waals surface area contributed by atoms with E-state index in [1.807, 2.05) is 18.0 Å². The third-order valence-corrected chi connectivity index (χ3v) is 4.77. The third kappa shape index (κ3) is 6.92. The van der Waals surface area contributed by atoms with E-state index in [0.717, 1.165) is 29.8 Å². The molecule has 3 amide bonds. The number of likely N-dealkylation sites (N-methyl/N-ethyl adjacent to an activating group) is 1. The number of imide groups is 1. The molecule has 0 fully saturated rings. The van der Waals surface area contributed by atoms with Crippen LogP contribution >= 0.6 is 0 Å². The molecule has 0 atom stereocenters. The van der Waals surface area contributed by atoms with Gasteiger partial charge in [-0.3, -0.25) is 20.1 Å². The summed E-state index contributed by atoms with van der Waals surface area (Å²) < 4.78 is 18.1. The van der Waals surface area contributed by atoms with E-state index in [4.69, 9.17) is 4.74 Å². The molecule has 1 heterocycles. The van der Waals surface area contributed by atoms with Gasteiger partial charge >= 0.3 is 6.03 Å². The summed E-state index contributed by atoms with van der Waals surface area (Å²) >= 11 is 0. The van der Waals surface area contributed by atoms with Crippen molar-refractivity contribution in [3.05, 3.63) is 66.1 Å². The second-order valence-electron chi connectivity index (χ2n) is 7.36. The van der Waals surface area contributed by atoms with Crippen LogP contribution in [0.2, 0.25) is 0 Å². The smallest absolute Gasteiger partial charge is 0.325 e. The topological polar surface area (TPSA) is 99.3 Å². The Kier molecular flexibility index (Phi) is 7.93. The highest BCUT2D eigenvalue weighted by Crippen LogP contribution is 2.18. The minimum atomic E-state index is -0.584. The van der Waals surface area contributed by atoms with Gasteiger partial charge in [0.2, 0.25) is 5.91 Å². The number of aryl methyl sites for hydroxylation is 1. The number of H-pyrrole nitrogens is 1. The van der Waals surface area contributed by atoms with Gasteiger partial charge in [-0.05, 0) is 81.0 Å². The molecule has 168 valence electrons. The van der Waals surface area contributed by atoms with Crippen molar-refractivity contribution >= 4 is 17.6 Å². The van der Waals surface area contributed by atoms with Gasteiger partial charge in [0.25, 0.3) is 0 Å². The molecule has 0 aliphatic heterocycles. The number of nitrogens with zero attached hydrogens (tertiary/aromatic N) is 2. The highest BCUT2D eigenvalue weighted by Gasteiger charge is 2.11. The van der Waals surface area contributed by atoms with Crippen LogP contribution in [-0.4, -0.2) is 54.3 Å². The number of halogens is 1. The molecule has 0 aliphatic carbocycles. The molecule has 32 heavy (non-hydrogen) atoms. The van der Waals surface area contributed by atoms with Crippen LogP contribution in [0.25, 0.3) is 11.3 Å². The Labute approximate surface area is 185 Å². The summed E-state index contributed by atoms with van der Waals surface area (Å²) in [6.45, 7) is 0.762. The van der Waals surface area contributed by atoms with Crippen LogP contribution in [0.5, 0.6) is 5.75 Å². The number of aromatic amines is 1. The number of ether oxygens (including phenoxy) is 1. The Morgan fingerprint density at radius 1 is 1.12 bits per heavy atom. The number of aromatic nitrogens is 2. The molecule has 0 unspecified atom stereocenters. The Hall–Kier alpha value is -3.72. The number of rotatable bonds is 9. The largest absolute Gasteiger partial charge is 0.497 e. The first-order chi connectivity index (χ1) is 15.4. The molecule has 0 bridgehead atoms. The molecule has 9 heteroatoms. The van der Waals surface area contributed by atoms with Gasteiger partial charge < -0.3 is 10.1 Å². The number of nitrogens with one attached hydrogen (secondary N) is 3. The lowest BCUT2D eigenvalue weighted by molar-refractivity contribution is -0.120. The number of methoxy groups -OCH3 is 1. The number of benzene rings is 2. The maximum Gasteiger partial charge on any atom is 0.325 e. The molecule has 0 saturated carbocycles. The van der Waals surface area contributed by atoms with E-state index in [1.165, 1.54) is 12.1 Å². The third-order valence-electron chi connectivity index (χ3n) is 4.77. The van der Waals surface area contributed by atoms with E-state index in [-0.39, 0.29) is 12.4 Å². The van der Waals surface area contributed by atoms with Crippen molar-refractivity contribution in [3.8, 4) is 17.0 Å². The number of anilines is 1. The molecule has 2 aromatic carbocycles. The highest BCUT2D eigenvalue weighted by atomic mass is 19.1. The van der Waals surface area contributed by atoms with Crippen LogP contribution < -0.4 is 15.4 Å². The van der Waals surface area contributed by atoms with Gasteiger partial charge in [-0.15, -0.1) is 0 Å². The number of carbonyl (C=O) groups is 2. The lowest BCUT2D eigenvalue weighted by atomic mass is 10.1. The number of carbonyl (C=O) groups excluding carboxylic acids is 2. The van der Waals surface area contributed by atoms with E-state index in [9.17, 15) is 14.0 Å². The normalized spacial score (nSPS) is 10.8. The number of hydrogen-bond donors (Lipinski definition) is 3. The molecule has 1 aromatic heterocycles. The predicted octanol–water partition coefficient (Wildman–Crippen LogP) is 3.44. The Balaban J connectivity index is 1.37. The number of hydrogen-bond acceptors (Lipinski definition) is 5. The number of urea groups is 1. The minimum Gasteiger partial charge on any atom is -0.497 e. The first-order valence-corrected chi connectivity index (χ1v) is 10.2. The van der Waals surface area contributed by atoms with Gasteiger partial charge in [0.05, 0.1) is 19.3 Å². The van der Waals surface area contributed by atoms with Crippen molar-refractivity contribution in [2.24, 2.45) is 0 Å². The Morgan fingerprint density at radius 3 is 2.53 bits per heavy atom. The molecule has 0 spiro atoms. The van der Waals surface area contributed by atoms with Crippen LogP contribution in [0.3, 0.4) is 0 Å². The van der Waals surface area contributed by atoms with Gasteiger partial charge in [-0.25, -0.2) is 9.18 Å². The first-order valence-electron chi connectivity index (χ1n) is 10.2. The molecule has 0 aliphatic rings. The fourth-order valence-corrected chi connectivity index (χ4v) is 3.12. The second kappa shape index (κ2) is 11.1. The van der Waals surface area contributed by atoms with Crippen molar-refractivity contribution < 1.29 is 18.7 Å². The fourth-order valence-electron chi connectivity index (χ4n) is 3.12. The molecule has 0 saturated heterocycles. The standard InChI is InChI=1S/C23H26FN5O3/c1-29(15-22(30)26-23(31)25-18-9-11-20(32-2)12-10-18)13-3-4-19-14-21(28-27-19)16-5-7-17(24)8-6-16/h5-12,14H,3-4,13,15H2,1-2H3,(H,27,28)(H2,25,26,30,31). The number of amides is 3. The predicted molar refractivity (Wildman–Crippen MR) is 120 cm³/mol. The fraction of sp³-hybridized carbons (Fsp3) is 0.261. The van der Waals surface area contributed by atoms with E-state index in [0.29, 0.717) is 18.0 Å². The van der Waals surface area contributed by atoms with Crippen molar-refractivity contribution in [1.29, 1.82) is 0 Å². The lowest BCUT2D eigenvalue weighted by Gasteiger charge is -2.15. The maximum absolute atomic E-state index is 13.0. The van der Waals surface area contributed by atoms with Crippen molar-refractivity contribution in [2.75, 3.05) is 32.6 Å². The Bertz CT molecular complexity index is 1030. The quantitative estimate of drug-likeness (QED) is 0.474. The average molecular weight is 439 g/mol. The van der Waals surface area contributed by atoms with Gasteiger partial charge in [0.15, 0.2) is 0 Å². The van der Waals surface area contributed by atoms with Crippen LogP contribution in [0.1, 0.15) is 12.1 Å². The molecule has 3 aromatic rings. The molecular weight excluding hydrogens is 413 g/mol.